The van der Waals surface area contributed by atoms with Crippen molar-refractivity contribution in [2.45, 2.75) is 67.3 Å². The molecule has 158 valence electrons. The van der Waals surface area contributed by atoms with Crippen LogP contribution in [0.4, 0.5) is 4.39 Å². The summed E-state index contributed by atoms with van der Waals surface area (Å²) in [5, 5.41) is 9.90. The van der Waals surface area contributed by atoms with Crippen LogP contribution in [0.15, 0.2) is 18.2 Å². The molecule has 1 saturated heterocycles. The topological polar surface area (TPSA) is 79.5 Å². The Balaban J connectivity index is 1.21. The van der Waals surface area contributed by atoms with Gasteiger partial charge in [-0.25, -0.2) is 4.39 Å². The standard InChI is InChI=1S/C20H25ClFN3O3S/c1-3-16-23-11(2)17(29-16)18(27)25-20-8-19(9-20,10-20)24-15(26)7-28-12-4-5-13(21)14(22)6-12/h4-6,11,16-17,23H,3,7-10H2,1-2H3,(H,24,26)(H,25,27). The van der Waals surface area contributed by atoms with Gasteiger partial charge in [0.25, 0.3) is 5.91 Å². The molecule has 9 heteroatoms. The number of hydrogen-bond donors (Lipinski definition) is 3. The fraction of sp³-hybridized carbons (Fsp3) is 0.600. The number of ether oxygens (including phenoxy) is 1. The van der Waals surface area contributed by atoms with E-state index in [0.29, 0.717) is 5.37 Å². The molecule has 3 saturated carbocycles. The molecule has 3 atom stereocenters. The van der Waals surface area contributed by atoms with Crippen molar-refractivity contribution in [1.29, 1.82) is 0 Å². The molecule has 1 aromatic carbocycles. The number of rotatable bonds is 7. The van der Waals surface area contributed by atoms with Crippen LogP contribution >= 0.6 is 23.4 Å². The maximum Gasteiger partial charge on any atom is 0.258 e. The molecule has 2 amide bonds. The van der Waals surface area contributed by atoms with E-state index >= 15 is 0 Å². The van der Waals surface area contributed by atoms with Gasteiger partial charge in [0.1, 0.15) is 16.8 Å². The van der Waals surface area contributed by atoms with Crippen molar-refractivity contribution in [2.24, 2.45) is 0 Å². The lowest BCUT2D eigenvalue weighted by Gasteiger charge is -2.70. The van der Waals surface area contributed by atoms with E-state index in [0.717, 1.165) is 31.7 Å². The van der Waals surface area contributed by atoms with Gasteiger partial charge in [-0.3, -0.25) is 9.59 Å². The highest BCUT2D eigenvalue weighted by molar-refractivity contribution is 8.01. The number of amides is 2. The molecular formula is C20H25ClFN3O3S. The van der Waals surface area contributed by atoms with Crippen molar-refractivity contribution in [1.82, 2.24) is 16.0 Å². The molecule has 0 aromatic heterocycles. The van der Waals surface area contributed by atoms with Gasteiger partial charge in [-0.2, -0.15) is 0 Å². The predicted molar refractivity (Wildman–Crippen MR) is 111 cm³/mol. The highest BCUT2D eigenvalue weighted by atomic mass is 35.5. The van der Waals surface area contributed by atoms with Crippen molar-refractivity contribution >= 4 is 35.2 Å². The Morgan fingerprint density at radius 2 is 2.00 bits per heavy atom. The summed E-state index contributed by atoms with van der Waals surface area (Å²) in [6, 6.07) is 4.21. The summed E-state index contributed by atoms with van der Waals surface area (Å²) in [6.45, 7) is 3.96. The molecular weight excluding hydrogens is 417 g/mol. The third-order valence-corrected chi connectivity index (χ3v) is 7.95. The number of nitrogens with one attached hydrogen (secondary N) is 3. The van der Waals surface area contributed by atoms with Crippen molar-refractivity contribution in [2.75, 3.05) is 6.61 Å². The lowest BCUT2D eigenvalue weighted by molar-refractivity contribution is -0.150. The zero-order valence-electron chi connectivity index (χ0n) is 16.4. The monoisotopic (exact) mass is 441 g/mol. The minimum Gasteiger partial charge on any atom is -0.484 e. The minimum absolute atomic E-state index is 0.00871. The summed E-state index contributed by atoms with van der Waals surface area (Å²) in [5.74, 6) is -0.504. The normalized spacial score (nSPS) is 34.7. The Bertz CT molecular complexity index is 819. The summed E-state index contributed by atoms with van der Waals surface area (Å²) >= 11 is 7.32. The van der Waals surface area contributed by atoms with Gasteiger partial charge in [0.2, 0.25) is 5.91 Å². The van der Waals surface area contributed by atoms with E-state index in [1.807, 2.05) is 6.92 Å². The number of halogens is 2. The van der Waals surface area contributed by atoms with Gasteiger partial charge in [-0.15, -0.1) is 11.8 Å². The number of thioether (sulfide) groups is 1. The van der Waals surface area contributed by atoms with E-state index < -0.39 is 5.82 Å². The van der Waals surface area contributed by atoms with Crippen LogP contribution in [0.25, 0.3) is 0 Å². The fourth-order valence-corrected chi connectivity index (χ4v) is 6.10. The number of benzene rings is 1. The predicted octanol–water partition coefficient (Wildman–Crippen LogP) is 2.60. The molecule has 3 aliphatic carbocycles. The molecule has 2 bridgehead atoms. The molecule has 6 nitrogen and oxygen atoms in total. The third kappa shape index (κ3) is 4.07. The second kappa shape index (κ2) is 7.63. The summed E-state index contributed by atoms with van der Waals surface area (Å²) in [5.41, 5.74) is -0.438. The molecule has 4 aliphatic rings. The van der Waals surface area contributed by atoms with Crippen molar-refractivity contribution in [3.8, 4) is 5.75 Å². The largest absolute Gasteiger partial charge is 0.484 e. The van der Waals surface area contributed by atoms with Crippen LogP contribution in [0.3, 0.4) is 0 Å². The summed E-state index contributed by atoms with van der Waals surface area (Å²) in [4.78, 5) is 24.9. The molecule has 3 N–H and O–H groups in total. The van der Waals surface area contributed by atoms with Crippen LogP contribution in [-0.4, -0.2) is 46.2 Å². The van der Waals surface area contributed by atoms with Crippen molar-refractivity contribution in [3.05, 3.63) is 29.0 Å². The minimum atomic E-state index is -0.586. The summed E-state index contributed by atoms with van der Waals surface area (Å²) < 4.78 is 18.8. The smallest absolute Gasteiger partial charge is 0.258 e. The van der Waals surface area contributed by atoms with E-state index in [9.17, 15) is 14.0 Å². The van der Waals surface area contributed by atoms with Gasteiger partial charge in [-0.05, 0) is 44.7 Å². The van der Waals surface area contributed by atoms with Gasteiger partial charge in [0.05, 0.1) is 10.4 Å². The second-order valence-corrected chi connectivity index (χ2v) is 10.2. The van der Waals surface area contributed by atoms with Crippen molar-refractivity contribution in [3.63, 3.8) is 0 Å². The first-order valence-electron chi connectivity index (χ1n) is 9.86. The Hall–Kier alpha value is -1.51. The Labute approximate surface area is 178 Å². The van der Waals surface area contributed by atoms with Gasteiger partial charge in [-0.1, -0.05) is 18.5 Å². The molecule has 5 rings (SSSR count). The van der Waals surface area contributed by atoms with Crippen LogP contribution in [0, 0.1) is 5.82 Å². The highest BCUT2D eigenvalue weighted by Gasteiger charge is 2.69. The quantitative estimate of drug-likeness (QED) is 0.606. The van der Waals surface area contributed by atoms with Gasteiger partial charge < -0.3 is 20.7 Å². The van der Waals surface area contributed by atoms with E-state index in [2.05, 4.69) is 22.9 Å². The molecule has 0 spiro atoms. The highest BCUT2D eigenvalue weighted by Crippen LogP contribution is 2.60. The van der Waals surface area contributed by atoms with Crippen LogP contribution in [-0.2, 0) is 9.59 Å². The summed E-state index contributed by atoms with van der Waals surface area (Å²) in [6.07, 6.45) is 3.21. The third-order valence-electron chi connectivity index (χ3n) is 5.93. The van der Waals surface area contributed by atoms with Crippen LogP contribution < -0.4 is 20.7 Å². The van der Waals surface area contributed by atoms with Crippen LogP contribution in [0.1, 0.15) is 39.5 Å². The Morgan fingerprint density at radius 3 is 2.62 bits per heavy atom. The number of carbonyl (C=O) groups is 2. The lowest BCUT2D eigenvalue weighted by Crippen LogP contribution is -2.84. The maximum absolute atomic E-state index is 13.4. The average molecular weight is 442 g/mol. The molecule has 1 aliphatic heterocycles. The van der Waals surface area contributed by atoms with E-state index in [1.165, 1.54) is 12.1 Å². The summed E-state index contributed by atoms with van der Waals surface area (Å²) in [7, 11) is 0. The van der Waals surface area contributed by atoms with Crippen LogP contribution in [0.5, 0.6) is 5.75 Å². The number of hydrogen-bond acceptors (Lipinski definition) is 5. The van der Waals surface area contributed by atoms with Gasteiger partial charge in [0, 0.05) is 23.2 Å². The first-order chi connectivity index (χ1) is 13.7. The first-order valence-corrected chi connectivity index (χ1v) is 11.2. The second-order valence-electron chi connectivity index (χ2n) is 8.40. The first kappa shape index (κ1) is 20.8. The number of carbonyl (C=O) groups excluding carboxylic acids is 2. The Kier molecular flexibility index (Phi) is 5.46. The maximum atomic E-state index is 13.4. The van der Waals surface area contributed by atoms with Crippen molar-refractivity contribution < 1.29 is 18.7 Å². The Morgan fingerprint density at radius 1 is 1.31 bits per heavy atom. The molecule has 1 aromatic rings. The van der Waals surface area contributed by atoms with E-state index in [1.54, 1.807) is 11.8 Å². The average Bonchev–Trinajstić information content (AvgIpc) is 3.01. The SMILES string of the molecule is CCC1NC(C)C(C(=O)NC23CC(NC(=O)COc4ccc(Cl)c(F)c4)(C2)C3)S1. The molecule has 3 unspecified atom stereocenters. The molecule has 4 fully saturated rings. The zero-order valence-corrected chi connectivity index (χ0v) is 18.0. The lowest BCUT2D eigenvalue weighted by atomic mass is 9.44. The van der Waals surface area contributed by atoms with Crippen LogP contribution in [0.2, 0.25) is 5.02 Å². The van der Waals surface area contributed by atoms with E-state index in [4.69, 9.17) is 16.3 Å². The molecule has 0 radical (unpaired) electrons. The van der Waals surface area contributed by atoms with E-state index in [-0.39, 0.29) is 51.6 Å². The molecule has 1 heterocycles. The zero-order chi connectivity index (χ0) is 20.8. The molecule has 29 heavy (non-hydrogen) atoms. The van der Waals surface area contributed by atoms with Gasteiger partial charge >= 0.3 is 0 Å². The van der Waals surface area contributed by atoms with Gasteiger partial charge in [0.15, 0.2) is 6.61 Å². The fourth-order valence-electron chi connectivity index (χ4n) is 4.65.